The molecule has 3 radical (unpaired) electrons. The molecule has 0 heterocycles. The first-order valence-corrected chi connectivity index (χ1v) is 3.92. The van der Waals surface area contributed by atoms with Gasteiger partial charge in [0.15, 0.2) is 0 Å². The van der Waals surface area contributed by atoms with Crippen molar-refractivity contribution in [2.75, 3.05) is 12.9 Å². The van der Waals surface area contributed by atoms with Crippen molar-refractivity contribution in [3.8, 4) is 0 Å². The molecule has 8 heavy (non-hydrogen) atoms. The monoisotopic (exact) mass is 134 g/mol. The van der Waals surface area contributed by atoms with Crippen molar-refractivity contribution in [3.05, 3.63) is 0 Å². The highest BCUT2D eigenvalue weighted by Crippen LogP contribution is 1.86. The summed E-state index contributed by atoms with van der Waals surface area (Å²) in [5, 5.41) is 0. The van der Waals surface area contributed by atoms with E-state index >= 15 is 0 Å². The maximum absolute atomic E-state index is 10.1. The van der Waals surface area contributed by atoms with Crippen LogP contribution in [0.4, 0.5) is 0 Å². The van der Waals surface area contributed by atoms with E-state index in [0.717, 1.165) is 6.26 Å². The second kappa shape index (κ2) is 3.09. The fraction of sp³-hybridized carbons (Fsp3) is 1.00. The minimum atomic E-state index is -3.27. The molecule has 0 fully saturated rings. The summed E-state index contributed by atoms with van der Waals surface area (Å²) in [5.41, 5.74) is 0. The molecule has 47 valence electrons. The van der Waals surface area contributed by atoms with Crippen LogP contribution in [0, 0.1) is 0 Å². The zero-order chi connectivity index (χ0) is 6.62. The van der Waals surface area contributed by atoms with Crippen LogP contribution >= 0.6 is 0 Å². The van der Waals surface area contributed by atoms with E-state index in [4.69, 9.17) is 7.85 Å². The zero-order valence-corrected chi connectivity index (χ0v) is 5.44. The van der Waals surface area contributed by atoms with Gasteiger partial charge in [-0.15, -0.1) is 0 Å². The van der Waals surface area contributed by atoms with Gasteiger partial charge in [0.1, 0.15) is 0 Å². The molecular formula is C3H7BO3S-. The molecule has 0 aromatic rings. The van der Waals surface area contributed by atoms with Crippen LogP contribution < -0.4 is 0 Å². The molecule has 5 heteroatoms. The van der Waals surface area contributed by atoms with Gasteiger partial charge in [-0.25, -0.2) is 0 Å². The SMILES string of the molecule is [B-]CCOS(C)(=O)=O. The fourth-order valence-corrected chi connectivity index (χ4v) is 0.598. The van der Waals surface area contributed by atoms with Gasteiger partial charge in [0.2, 0.25) is 0 Å². The summed E-state index contributed by atoms with van der Waals surface area (Å²) in [6.45, 7) is 0.0683. The van der Waals surface area contributed by atoms with Crippen LogP contribution in [0.3, 0.4) is 0 Å². The van der Waals surface area contributed by atoms with Gasteiger partial charge in [0.05, 0.1) is 6.26 Å². The van der Waals surface area contributed by atoms with E-state index in [-0.39, 0.29) is 12.9 Å². The summed E-state index contributed by atoms with van der Waals surface area (Å²) in [6, 6.07) is 0. The summed E-state index contributed by atoms with van der Waals surface area (Å²) in [4.78, 5) is 0. The van der Waals surface area contributed by atoms with Crippen LogP contribution in [0.1, 0.15) is 0 Å². The molecule has 0 spiro atoms. The first-order chi connectivity index (χ1) is 3.56. The molecule has 0 atom stereocenters. The summed E-state index contributed by atoms with van der Waals surface area (Å²) in [5.74, 6) is 0. The van der Waals surface area contributed by atoms with E-state index in [1.165, 1.54) is 0 Å². The average molecular weight is 134 g/mol. The van der Waals surface area contributed by atoms with Gasteiger partial charge < -0.3 is 7.85 Å². The molecule has 0 saturated heterocycles. The first-order valence-electron chi connectivity index (χ1n) is 2.11. The van der Waals surface area contributed by atoms with E-state index in [2.05, 4.69) is 4.18 Å². The Morgan fingerprint density at radius 3 is 2.25 bits per heavy atom. The highest BCUT2D eigenvalue weighted by molar-refractivity contribution is 7.85. The van der Waals surface area contributed by atoms with E-state index in [1.807, 2.05) is 0 Å². The minimum absolute atomic E-state index is 0.0683. The van der Waals surface area contributed by atoms with E-state index in [9.17, 15) is 8.42 Å². The van der Waals surface area contributed by atoms with Crippen LogP contribution in [0.5, 0.6) is 0 Å². The Balaban J connectivity index is 3.42. The van der Waals surface area contributed by atoms with Crippen molar-refractivity contribution in [2.45, 2.75) is 6.32 Å². The van der Waals surface area contributed by atoms with E-state index < -0.39 is 10.1 Å². The quantitative estimate of drug-likeness (QED) is 0.387. The van der Waals surface area contributed by atoms with Crippen molar-refractivity contribution in [1.29, 1.82) is 0 Å². The lowest BCUT2D eigenvalue weighted by Crippen LogP contribution is -2.02. The summed E-state index contributed by atoms with van der Waals surface area (Å²) in [7, 11) is 1.68. The van der Waals surface area contributed by atoms with Gasteiger partial charge in [-0.3, -0.25) is 10.5 Å². The Bertz CT molecular complexity index is 139. The average Bonchev–Trinajstić information content (AvgIpc) is 1.59. The molecule has 0 aliphatic rings. The predicted molar refractivity (Wildman–Crippen MR) is 31.4 cm³/mol. The molecule has 0 saturated carbocycles. The third kappa shape index (κ3) is 5.97. The van der Waals surface area contributed by atoms with Gasteiger partial charge >= 0.3 is 0 Å². The van der Waals surface area contributed by atoms with E-state index in [0.29, 0.717) is 0 Å². The molecule has 3 nitrogen and oxygen atoms in total. The number of hydrogen-bond donors (Lipinski definition) is 0. The Morgan fingerprint density at radius 1 is 1.62 bits per heavy atom. The fourth-order valence-electron chi connectivity index (χ4n) is 0.199. The summed E-state index contributed by atoms with van der Waals surface area (Å²) in [6.07, 6.45) is 1.22. The van der Waals surface area contributed by atoms with Gasteiger partial charge in [0.25, 0.3) is 10.1 Å². The summed E-state index contributed by atoms with van der Waals surface area (Å²) < 4.78 is 24.5. The van der Waals surface area contributed by atoms with Crippen molar-refractivity contribution >= 4 is 18.0 Å². The van der Waals surface area contributed by atoms with Gasteiger partial charge in [-0.05, 0) is 0 Å². The third-order valence-corrected chi connectivity index (χ3v) is 1.01. The highest BCUT2D eigenvalue weighted by Gasteiger charge is 1.94. The van der Waals surface area contributed by atoms with Crippen molar-refractivity contribution < 1.29 is 12.6 Å². The molecule has 0 bridgehead atoms. The molecule has 0 rings (SSSR count). The van der Waals surface area contributed by atoms with Gasteiger partial charge in [-0.1, -0.05) is 0 Å². The molecule has 0 unspecified atom stereocenters. The zero-order valence-electron chi connectivity index (χ0n) is 4.62. The lowest BCUT2D eigenvalue weighted by Gasteiger charge is -2.01. The maximum atomic E-state index is 10.1. The largest absolute Gasteiger partial charge is 0.623 e. The molecule has 0 aromatic heterocycles. The van der Waals surface area contributed by atoms with Crippen molar-refractivity contribution in [1.82, 2.24) is 0 Å². The van der Waals surface area contributed by atoms with Crippen LogP contribution in [-0.2, 0) is 14.3 Å². The van der Waals surface area contributed by atoms with Crippen LogP contribution in [-0.4, -0.2) is 29.1 Å². The van der Waals surface area contributed by atoms with Gasteiger partial charge in [0, 0.05) is 6.61 Å². The van der Waals surface area contributed by atoms with Gasteiger partial charge in [-0.2, -0.15) is 8.42 Å². The van der Waals surface area contributed by atoms with E-state index in [1.54, 1.807) is 0 Å². The Labute approximate surface area is 50.6 Å². The third-order valence-electron chi connectivity index (χ3n) is 0.415. The highest BCUT2D eigenvalue weighted by atomic mass is 32.2. The number of hydrogen-bond acceptors (Lipinski definition) is 3. The second-order valence-corrected chi connectivity index (χ2v) is 2.96. The topological polar surface area (TPSA) is 43.4 Å². The lowest BCUT2D eigenvalue weighted by atomic mass is 10.1. The summed E-state index contributed by atoms with van der Waals surface area (Å²) >= 11 is 0. The van der Waals surface area contributed by atoms with Crippen LogP contribution in [0.25, 0.3) is 0 Å². The maximum Gasteiger partial charge on any atom is 0.264 e. The normalized spacial score (nSPS) is 11.8. The molecule has 0 aliphatic carbocycles. The minimum Gasteiger partial charge on any atom is -0.623 e. The molecule has 0 N–H and O–H groups in total. The molecular weight excluding hydrogens is 127 g/mol. The smallest absolute Gasteiger partial charge is 0.264 e. The van der Waals surface area contributed by atoms with Crippen LogP contribution in [0.15, 0.2) is 0 Å². The number of rotatable bonds is 3. The molecule has 0 aromatic carbocycles. The lowest BCUT2D eigenvalue weighted by molar-refractivity contribution is 0.342. The Kier molecular flexibility index (Phi) is 3.08. The van der Waals surface area contributed by atoms with Crippen LogP contribution in [0.2, 0.25) is 6.32 Å². The van der Waals surface area contributed by atoms with Crippen molar-refractivity contribution in [2.24, 2.45) is 0 Å². The molecule has 0 amide bonds. The predicted octanol–water partition coefficient (Wildman–Crippen LogP) is -0.451. The molecule has 0 aliphatic heterocycles. The Morgan fingerprint density at radius 2 is 2.12 bits per heavy atom. The van der Waals surface area contributed by atoms with Crippen molar-refractivity contribution in [3.63, 3.8) is 0 Å². The Hall–Kier alpha value is -0.0251. The first kappa shape index (κ1) is 7.97. The second-order valence-electron chi connectivity index (χ2n) is 1.31. The standard InChI is InChI=1S/C3H7BO3S/c1-8(5,6)7-3-2-4/h2-3H2,1H3/q-1.